The molecule has 0 aromatic carbocycles. The first-order valence-corrected chi connectivity index (χ1v) is 4.72. The Bertz CT molecular complexity index is 303. The van der Waals surface area contributed by atoms with Crippen molar-refractivity contribution in [1.29, 1.82) is 0 Å². The Hall–Kier alpha value is -0.870. The molecule has 2 N–H and O–H groups in total. The van der Waals surface area contributed by atoms with Crippen LogP contribution < -0.4 is 0 Å². The highest BCUT2D eigenvalue weighted by Crippen LogP contribution is 2.21. The standard InChI is InChI=1S/C10H18N2O2/c1-8-4-9(12(3)11-8)5-10(2,6-13)7-14/h4,13-14H,5-7H2,1-3H3. The van der Waals surface area contributed by atoms with E-state index < -0.39 is 5.41 Å². The van der Waals surface area contributed by atoms with Crippen molar-refractivity contribution in [1.82, 2.24) is 9.78 Å². The molecule has 4 heteroatoms. The highest BCUT2D eigenvalue weighted by atomic mass is 16.3. The molecule has 1 heterocycles. The smallest absolute Gasteiger partial charge is 0.0596 e. The van der Waals surface area contributed by atoms with Crippen LogP contribution in [-0.4, -0.2) is 33.2 Å². The van der Waals surface area contributed by atoms with Gasteiger partial charge in [-0.3, -0.25) is 4.68 Å². The summed E-state index contributed by atoms with van der Waals surface area (Å²) in [5.41, 5.74) is 1.54. The molecule has 80 valence electrons. The van der Waals surface area contributed by atoms with Gasteiger partial charge in [0.1, 0.15) is 0 Å². The summed E-state index contributed by atoms with van der Waals surface area (Å²) >= 11 is 0. The van der Waals surface area contributed by atoms with E-state index >= 15 is 0 Å². The molecule has 0 radical (unpaired) electrons. The average molecular weight is 198 g/mol. The number of aliphatic hydroxyl groups excluding tert-OH is 2. The predicted molar refractivity (Wildman–Crippen MR) is 53.9 cm³/mol. The van der Waals surface area contributed by atoms with Gasteiger partial charge in [-0.15, -0.1) is 0 Å². The molecule has 0 saturated carbocycles. The first kappa shape index (κ1) is 11.2. The summed E-state index contributed by atoms with van der Waals surface area (Å²) in [5.74, 6) is 0. The highest BCUT2D eigenvalue weighted by Gasteiger charge is 2.24. The van der Waals surface area contributed by atoms with E-state index in [4.69, 9.17) is 10.2 Å². The van der Waals surface area contributed by atoms with Crippen molar-refractivity contribution < 1.29 is 10.2 Å². The average Bonchev–Trinajstić information content (AvgIpc) is 2.45. The molecular formula is C10H18N2O2. The normalized spacial score (nSPS) is 12.1. The Morgan fingerprint density at radius 2 is 2.00 bits per heavy atom. The number of nitrogens with zero attached hydrogens (tertiary/aromatic N) is 2. The van der Waals surface area contributed by atoms with Crippen LogP contribution in [-0.2, 0) is 13.5 Å². The molecule has 0 fully saturated rings. The Morgan fingerprint density at radius 3 is 2.36 bits per heavy atom. The number of rotatable bonds is 4. The second kappa shape index (κ2) is 4.11. The molecule has 0 atom stereocenters. The third-order valence-corrected chi connectivity index (χ3v) is 2.47. The maximum Gasteiger partial charge on any atom is 0.0596 e. The number of hydrogen-bond donors (Lipinski definition) is 2. The molecule has 0 unspecified atom stereocenters. The minimum Gasteiger partial charge on any atom is -0.396 e. The summed E-state index contributed by atoms with van der Waals surface area (Å²) < 4.78 is 1.79. The lowest BCUT2D eigenvalue weighted by Crippen LogP contribution is -2.29. The van der Waals surface area contributed by atoms with Gasteiger partial charge < -0.3 is 10.2 Å². The Balaban J connectivity index is 2.81. The van der Waals surface area contributed by atoms with E-state index in [9.17, 15) is 0 Å². The van der Waals surface area contributed by atoms with Crippen LogP contribution in [0.25, 0.3) is 0 Å². The SMILES string of the molecule is Cc1cc(CC(C)(CO)CO)n(C)n1. The van der Waals surface area contributed by atoms with Gasteiger partial charge in [-0.1, -0.05) is 6.92 Å². The van der Waals surface area contributed by atoms with Gasteiger partial charge in [0.25, 0.3) is 0 Å². The van der Waals surface area contributed by atoms with E-state index in [1.165, 1.54) is 0 Å². The molecule has 0 aliphatic carbocycles. The second-order valence-corrected chi connectivity index (χ2v) is 4.20. The quantitative estimate of drug-likeness (QED) is 0.729. The number of hydrogen-bond acceptors (Lipinski definition) is 3. The first-order valence-electron chi connectivity index (χ1n) is 4.72. The van der Waals surface area contributed by atoms with Crippen LogP contribution in [0.4, 0.5) is 0 Å². The van der Waals surface area contributed by atoms with E-state index in [0.29, 0.717) is 6.42 Å². The molecule has 4 nitrogen and oxygen atoms in total. The highest BCUT2D eigenvalue weighted by molar-refractivity contribution is 5.10. The number of aryl methyl sites for hydroxylation is 2. The summed E-state index contributed by atoms with van der Waals surface area (Å²) in [6.45, 7) is 3.75. The number of aliphatic hydroxyl groups is 2. The zero-order valence-corrected chi connectivity index (χ0v) is 8.99. The van der Waals surface area contributed by atoms with Gasteiger partial charge in [-0.2, -0.15) is 5.10 Å². The second-order valence-electron chi connectivity index (χ2n) is 4.20. The van der Waals surface area contributed by atoms with Gasteiger partial charge in [0, 0.05) is 18.2 Å². The topological polar surface area (TPSA) is 58.3 Å². The summed E-state index contributed by atoms with van der Waals surface area (Å²) in [4.78, 5) is 0. The van der Waals surface area contributed by atoms with Crippen LogP contribution in [0.1, 0.15) is 18.3 Å². The fourth-order valence-corrected chi connectivity index (χ4v) is 1.43. The lowest BCUT2D eigenvalue weighted by Gasteiger charge is -2.24. The van der Waals surface area contributed by atoms with Crippen molar-refractivity contribution in [3.8, 4) is 0 Å². The van der Waals surface area contributed by atoms with Gasteiger partial charge in [0.2, 0.25) is 0 Å². The third-order valence-electron chi connectivity index (χ3n) is 2.47. The van der Waals surface area contributed by atoms with E-state index in [1.54, 1.807) is 4.68 Å². The molecular weight excluding hydrogens is 180 g/mol. The van der Waals surface area contributed by atoms with E-state index in [1.807, 2.05) is 27.0 Å². The fourth-order valence-electron chi connectivity index (χ4n) is 1.43. The molecule has 1 aromatic rings. The fraction of sp³-hybridized carbons (Fsp3) is 0.700. The van der Waals surface area contributed by atoms with Gasteiger partial charge >= 0.3 is 0 Å². The Labute approximate surface area is 84.2 Å². The molecule has 0 aliphatic rings. The van der Waals surface area contributed by atoms with Crippen LogP contribution in [0.5, 0.6) is 0 Å². The molecule has 1 aromatic heterocycles. The molecule has 0 amide bonds. The minimum atomic E-state index is -0.458. The van der Waals surface area contributed by atoms with Crippen molar-refractivity contribution in [2.45, 2.75) is 20.3 Å². The maximum atomic E-state index is 9.15. The van der Waals surface area contributed by atoms with Gasteiger partial charge in [0.15, 0.2) is 0 Å². The molecule has 0 aliphatic heterocycles. The summed E-state index contributed by atoms with van der Waals surface area (Å²) in [6.07, 6.45) is 0.636. The Morgan fingerprint density at radius 1 is 1.43 bits per heavy atom. The van der Waals surface area contributed by atoms with Gasteiger partial charge in [-0.05, 0) is 19.4 Å². The number of aromatic nitrogens is 2. The summed E-state index contributed by atoms with van der Waals surface area (Å²) in [6, 6.07) is 1.98. The van der Waals surface area contributed by atoms with Crippen LogP contribution >= 0.6 is 0 Å². The van der Waals surface area contributed by atoms with Crippen molar-refractivity contribution in [3.63, 3.8) is 0 Å². The third kappa shape index (κ3) is 2.33. The van der Waals surface area contributed by atoms with Crippen LogP contribution in [0.3, 0.4) is 0 Å². The lowest BCUT2D eigenvalue weighted by atomic mass is 9.87. The molecule has 0 saturated heterocycles. The van der Waals surface area contributed by atoms with Crippen LogP contribution in [0.2, 0.25) is 0 Å². The largest absolute Gasteiger partial charge is 0.396 e. The minimum absolute atomic E-state index is 0.0201. The predicted octanol–water partition coefficient (Wildman–Crippen LogP) is 0.262. The maximum absolute atomic E-state index is 9.15. The monoisotopic (exact) mass is 198 g/mol. The molecule has 0 spiro atoms. The van der Waals surface area contributed by atoms with Crippen molar-refractivity contribution in [2.75, 3.05) is 13.2 Å². The first-order chi connectivity index (χ1) is 6.50. The van der Waals surface area contributed by atoms with E-state index in [0.717, 1.165) is 11.4 Å². The van der Waals surface area contributed by atoms with E-state index in [2.05, 4.69) is 5.10 Å². The van der Waals surface area contributed by atoms with Crippen LogP contribution in [0, 0.1) is 12.3 Å². The molecule has 1 rings (SSSR count). The van der Waals surface area contributed by atoms with Crippen LogP contribution in [0.15, 0.2) is 6.07 Å². The Kier molecular flexibility index (Phi) is 3.29. The zero-order chi connectivity index (χ0) is 10.8. The molecule has 14 heavy (non-hydrogen) atoms. The van der Waals surface area contributed by atoms with Gasteiger partial charge in [0.05, 0.1) is 18.9 Å². The van der Waals surface area contributed by atoms with Crippen molar-refractivity contribution >= 4 is 0 Å². The summed E-state index contributed by atoms with van der Waals surface area (Å²) in [7, 11) is 1.87. The van der Waals surface area contributed by atoms with Crippen molar-refractivity contribution in [3.05, 3.63) is 17.5 Å². The summed E-state index contributed by atoms with van der Waals surface area (Å²) in [5, 5.41) is 22.5. The van der Waals surface area contributed by atoms with Gasteiger partial charge in [-0.25, -0.2) is 0 Å². The lowest BCUT2D eigenvalue weighted by molar-refractivity contribution is 0.0688. The van der Waals surface area contributed by atoms with Crippen molar-refractivity contribution in [2.24, 2.45) is 12.5 Å². The van der Waals surface area contributed by atoms with E-state index in [-0.39, 0.29) is 13.2 Å². The molecule has 0 bridgehead atoms. The zero-order valence-electron chi connectivity index (χ0n) is 8.99.